The molecule has 0 heterocycles. The fraction of sp³-hybridized carbons (Fsp3) is 0.889. The maximum atomic E-state index is 11.3. The van der Waals surface area contributed by atoms with Crippen LogP contribution < -0.4 is 5.32 Å². The van der Waals surface area contributed by atoms with Crippen molar-refractivity contribution in [3.63, 3.8) is 0 Å². The Bertz CT molecular complexity index is 306. The molecule has 0 bridgehead atoms. The van der Waals surface area contributed by atoms with Crippen molar-refractivity contribution in [3.05, 3.63) is 0 Å². The zero-order valence-corrected chi connectivity index (χ0v) is 16.4. The van der Waals surface area contributed by atoms with Crippen molar-refractivity contribution in [1.82, 2.24) is 5.32 Å². The Labute approximate surface area is 142 Å². The quantitative estimate of drug-likeness (QED) is 0.629. The van der Waals surface area contributed by atoms with E-state index in [1.165, 1.54) is 0 Å². The minimum atomic E-state index is -0.417. The molecule has 0 aromatic carbocycles. The van der Waals surface area contributed by atoms with E-state index in [9.17, 15) is 9.59 Å². The molecule has 0 aliphatic rings. The maximum absolute atomic E-state index is 11.3. The predicted octanol–water partition coefficient (Wildman–Crippen LogP) is 3.50. The average molecular weight is 331 g/mol. The van der Waals surface area contributed by atoms with Crippen molar-refractivity contribution >= 4 is 11.7 Å². The number of nitrogens with one attached hydrogen (secondary N) is 1. The van der Waals surface area contributed by atoms with E-state index in [1.54, 1.807) is 0 Å². The second kappa shape index (κ2) is 12.5. The van der Waals surface area contributed by atoms with Gasteiger partial charge in [-0.15, -0.1) is 0 Å². The molecule has 1 N–H and O–H groups in total. The third-order valence-corrected chi connectivity index (χ3v) is 3.25. The summed E-state index contributed by atoms with van der Waals surface area (Å²) >= 11 is 0. The summed E-state index contributed by atoms with van der Waals surface area (Å²) in [5.74, 6) is 0.125. The molecule has 0 aromatic heterocycles. The van der Waals surface area contributed by atoms with Crippen LogP contribution >= 0.6 is 0 Å². The highest BCUT2D eigenvalue weighted by molar-refractivity contribution is 5.79. The molecule has 0 aliphatic heterocycles. The lowest BCUT2D eigenvalue weighted by Crippen LogP contribution is -2.41. The summed E-state index contributed by atoms with van der Waals surface area (Å²) in [5, 5.41) is 2.83. The Morgan fingerprint density at radius 1 is 0.913 bits per heavy atom. The van der Waals surface area contributed by atoms with Crippen molar-refractivity contribution in [2.24, 2.45) is 0 Å². The number of ether oxygens (including phenoxy) is 2. The number of Topliss-reactive ketones (excluding diaryl/α,β-unsaturated/α-hetero) is 1. The highest BCUT2D eigenvalue weighted by Gasteiger charge is 2.23. The van der Waals surface area contributed by atoms with E-state index in [-0.39, 0.29) is 18.3 Å². The molecule has 138 valence electrons. The van der Waals surface area contributed by atoms with Gasteiger partial charge >= 0.3 is 0 Å². The largest absolute Gasteiger partial charge is 0.374 e. The number of hydrogen-bond acceptors (Lipinski definition) is 4. The first-order valence-electron chi connectivity index (χ1n) is 8.68. The molecule has 1 amide bonds. The normalized spacial score (nSPS) is 11.5. The molecule has 0 radical (unpaired) electrons. The number of rotatable bonds is 11. The third-order valence-electron chi connectivity index (χ3n) is 3.25. The molecular weight excluding hydrogens is 294 g/mol. The molecule has 0 aliphatic carbocycles. The molecule has 0 fully saturated rings. The van der Waals surface area contributed by atoms with Gasteiger partial charge in [-0.2, -0.15) is 0 Å². The van der Waals surface area contributed by atoms with E-state index in [1.807, 2.05) is 55.4 Å². The first-order valence-corrected chi connectivity index (χ1v) is 8.68. The summed E-state index contributed by atoms with van der Waals surface area (Å²) in [6.45, 7) is 16.6. The van der Waals surface area contributed by atoms with Crippen LogP contribution in [-0.4, -0.2) is 42.7 Å². The lowest BCUT2D eigenvalue weighted by atomic mass is 10.1. The molecular formula is C18H37NO4. The van der Waals surface area contributed by atoms with Gasteiger partial charge in [-0.1, -0.05) is 27.7 Å². The zero-order valence-electron chi connectivity index (χ0n) is 16.4. The molecule has 0 rings (SSSR count). The van der Waals surface area contributed by atoms with Gasteiger partial charge in [0.25, 0.3) is 0 Å². The van der Waals surface area contributed by atoms with E-state index in [0.29, 0.717) is 32.4 Å². The average Bonchev–Trinajstić information content (AvgIpc) is 2.51. The molecule has 5 heteroatoms. The highest BCUT2D eigenvalue weighted by Crippen LogP contribution is 2.17. The van der Waals surface area contributed by atoms with E-state index in [4.69, 9.17) is 9.47 Å². The van der Waals surface area contributed by atoms with Crippen LogP contribution in [0.25, 0.3) is 0 Å². The Hall–Kier alpha value is -0.940. The summed E-state index contributed by atoms with van der Waals surface area (Å²) in [5.41, 5.74) is -0.812. The molecule has 0 saturated carbocycles. The highest BCUT2D eigenvalue weighted by atomic mass is 16.5. The van der Waals surface area contributed by atoms with Crippen molar-refractivity contribution in [1.29, 1.82) is 0 Å². The fourth-order valence-electron chi connectivity index (χ4n) is 1.51. The van der Waals surface area contributed by atoms with Crippen LogP contribution in [0.1, 0.15) is 74.7 Å². The predicted molar refractivity (Wildman–Crippen MR) is 94.6 cm³/mol. The smallest absolute Gasteiger partial charge is 0.219 e. The molecule has 0 spiro atoms. The number of carbonyl (C=O) groups is 2. The molecule has 0 atom stereocenters. The van der Waals surface area contributed by atoms with Gasteiger partial charge in [-0.3, -0.25) is 9.59 Å². The van der Waals surface area contributed by atoms with Crippen molar-refractivity contribution in [2.75, 3.05) is 19.8 Å². The van der Waals surface area contributed by atoms with Crippen LogP contribution in [0.3, 0.4) is 0 Å². The molecule has 5 nitrogen and oxygen atoms in total. The first-order chi connectivity index (χ1) is 10.6. The van der Waals surface area contributed by atoms with Gasteiger partial charge in [0, 0.05) is 19.4 Å². The molecule has 23 heavy (non-hydrogen) atoms. The topological polar surface area (TPSA) is 64.6 Å². The lowest BCUT2D eigenvalue weighted by molar-refractivity contribution is -0.131. The van der Waals surface area contributed by atoms with Crippen molar-refractivity contribution in [3.8, 4) is 0 Å². The van der Waals surface area contributed by atoms with Gasteiger partial charge in [0.1, 0.15) is 6.61 Å². The third kappa shape index (κ3) is 14.4. The van der Waals surface area contributed by atoms with Crippen LogP contribution in [0.15, 0.2) is 0 Å². The second-order valence-electron chi connectivity index (χ2n) is 6.43. The fourth-order valence-corrected chi connectivity index (χ4v) is 1.51. The minimum Gasteiger partial charge on any atom is -0.374 e. The second-order valence-corrected chi connectivity index (χ2v) is 6.43. The van der Waals surface area contributed by atoms with Gasteiger partial charge in [-0.05, 0) is 34.1 Å². The van der Waals surface area contributed by atoms with Crippen LogP contribution in [0.4, 0.5) is 0 Å². The Kier molecular flexibility index (Phi) is 13.2. The Balaban J connectivity index is 0. The van der Waals surface area contributed by atoms with Crippen LogP contribution in [0, 0.1) is 0 Å². The van der Waals surface area contributed by atoms with E-state index in [2.05, 4.69) is 5.32 Å². The van der Waals surface area contributed by atoms with Crippen molar-refractivity contribution in [2.45, 2.75) is 85.9 Å². The number of ketones is 1. The van der Waals surface area contributed by atoms with E-state index < -0.39 is 11.2 Å². The number of amides is 1. The standard InChI is InChI=1S/C16H31NO4.C2H6/c1-7-13(18)11-21-15(3,4)9-10-20-16(5,6)12-17-14(19)8-2;1-2/h7-12H2,1-6H3,(H,17,19);1-2H3. The summed E-state index contributed by atoms with van der Waals surface area (Å²) < 4.78 is 11.4. The van der Waals surface area contributed by atoms with E-state index in [0.717, 1.165) is 0 Å². The van der Waals surface area contributed by atoms with Crippen LogP contribution in [0.2, 0.25) is 0 Å². The Morgan fingerprint density at radius 3 is 1.96 bits per heavy atom. The maximum Gasteiger partial charge on any atom is 0.219 e. The van der Waals surface area contributed by atoms with Crippen molar-refractivity contribution < 1.29 is 19.1 Å². The first kappa shape index (κ1) is 24.3. The molecule has 0 unspecified atom stereocenters. The zero-order chi connectivity index (χ0) is 18.5. The van der Waals surface area contributed by atoms with Crippen LogP contribution in [-0.2, 0) is 19.1 Å². The van der Waals surface area contributed by atoms with Gasteiger partial charge in [0.2, 0.25) is 5.91 Å². The lowest BCUT2D eigenvalue weighted by Gasteiger charge is -2.29. The summed E-state index contributed by atoms with van der Waals surface area (Å²) in [6.07, 6.45) is 1.66. The summed E-state index contributed by atoms with van der Waals surface area (Å²) in [7, 11) is 0. The molecule has 0 saturated heterocycles. The summed E-state index contributed by atoms with van der Waals surface area (Å²) in [6, 6.07) is 0. The SMILES string of the molecule is CC.CCC(=O)COC(C)(C)CCOC(C)(C)CNC(=O)CC. The van der Waals surface area contributed by atoms with Gasteiger partial charge in [0.15, 0.2) is 5.78 Å². The number of hydrogen-bond donors (Lipinski definition) is 1. The van der Waals surface area contributed by atoms with E-state index >= 15 is 0 Å². The van der Waals surface area contributed by atoms with Gasteiger partial charge in [-0.25, -0.2) is 0 Å². The molecule has 0 aromatic rings. The Morgan fingerprint density at radius 2 is 1.48 bits per heavy atom. The minimum absolute atomic E-state index is 0.0217. The van der Waals surface area contributed by atoms with Crippen LogP contribution in [0.5, 0.6) is 0 Å². The summed E-state index contributed by atoms with van der Waals surface area (Å²) in [4.78, 5) is 22.5. The number of carbonyl (C=O) groups excluding carboxylic acids is 2. The monoisotopic (exact) mass is 331 g/mol. The van der Waals surface area contributed by atoms with Gasteiger partial charge < -0.3 is 14.8 Å². The van der Waals surface area contributed by atoms with Gasteiger partial charge in [0.05, 0.1) is 17.8 Å².